The van der Waals surface area contributed by atoms with Gasteiger partial charge in [-0.05, 0) is 38.7 Å². The molecule has 0 heterocycles. The monoisotopic (exact) mass is 250 g/mol. The summed E-state index contributed by atoms with van der Waals surface area (Å²) < 4.78 is 5.06. The van der Waals surface area contributed by atoms with E-state index >= 15 is 0 Å². The standard InChI is InChI=1S/C15H22O3/c1-4-7-8-12-10-13(16)15(11-12,9-5-2)14(17)18-6-3/h5,10H,2,4,6-9,11H2,1,3H3. The zero-order valence-electron chi connectivity index (χ0n) is 11.3. The third kappa shape index (κ3) is 2.89. The summed E-state index contributed by atoms with van der Waals surface area (Å²) in [6.07, 6.45) is 7.14. The number of hydrogen-bond acceptors (Lipinski definition) is 3. The van der Waals surface area contributed by atoms with Crippen LogP contribution in [0.25, 0.3) is 0 Å². The normalized spacial score (nSPS) is 22.8. The molecular weight excluding hydrogens is 228 g/mol. The smallest absolute Gasteiger partial charge is 0.320 e. The quantitative estimate of drug-likeness (QED) is 0.396. The van der Waals surface area contributed by atoms with Crippen LogP contribution >= 0.6 is 0 Å². The Kier molecular flexibility index (Phi) is 5.32. The molecular formula is C15H22O3. The first-order chi connectivity index (χ1) is 8.60. The van der Waals surface area contributed by atoms with Crippen molar-refractivity contribution in [3.8, 4) is 0 Å². The molecule has 0 aromatic heterocycles. The van der Waals surface area contributed by atoms with Crippen LogP contribution in [0.2, 0.25) is 0 Å². The van der Waals surface area contributed by atoms with Gasteiger partial charge in [-0.25, -0.2) is 0 Å². The van der Waals surface area contributed by atoms with Gasteiger partial charge in [-0.1, -0.05) is 25.0 Å². The van der Waals surface area contributed by atoms with Crippen molar-refractivity contribution in [3.05, 3.63) is 24.3 Å². The van der Waals surface area contributed by atoms with Crippen LogP contribution in [0.15, 0.2) is 24.3 Å². The van der Waals surface area contributed by atoms with E-state index in [2.05, 4.69) is 13.5 Å². The van der Waals surface area contributed by atoms with Crippen molar-refractivity contribution in [2.24, 2.45) is 5.41 Å². The molecule has 1 unspecified atom stereocenters. The highest BCUT2D eigenvalue weighted by atomic mass is 16.5. The fourth-order valence-corrected chi connectivity index (χ4v) is 2.36. The average molecular weight is 250 g/mol. The fraction of sp³-hybridized carbons (Fsp3) is 0.600. The van der Waals surface area contributed by atoms with Crippen molar-refractivity contribution in [2.75, 3.05) is 6.61 Å². The van der Waals surface area contributed by atoms with Gasteiger partial charge in [-0.3, -0.25) is 9.59 Å². The maximum absolute atomic E-state index is 12.2. The number of esters is 1. The zero-order chi connectivity index (χ0) is 13.6. The lowest BCUT2D eigenvalue weighted by molar-refractivity contribution is -0.158. The van der Waals surface area contributed by atoms with Crippen molar-refractivity contribution in [1.29, 1.82) is 0 Å². The second-order valence-electron chi connectivity index (χ2n) is 4.74. The van der Waals surface area contributed by atoms with E-state index in [-0.39, 0.29) is 5.78 Å². The van der Waals surface area contributed by atoms with E-state index in [0.29, 0.717) is 19.4 Å². The molecule has 0 N–H and O–H groups in total. The first-order valence-corrected chi connectivity index (χ1v) is 6.62. The summed E-state index contributed by atoms with van der Waals surface area (Å²) in [6, 6.07) is 0. The van der Waals surface area contributed by atoms with Crippen LogP contribution < -0.4 is 0 Å². The number of hydrogen-bond donors (Lipinski definition) is 0. The molecule has 0 fully saturated rings. The summed E-state index contributed by atoms with van der Waals surface area (Å²) in [7, 11) is 0. The second-order valence-corrected chi connectivity index (χ2v) is 4.74. The molecule has 0 aromatic carbocycles. The highest BCUT2D eigenvalue weighted by Gasteiger charge is 2.48. The van der Waals surface area contributed by atoms with Gasteiger partial charge in [0.2, 0.25) is 0 Å². The molecule has 100 valence electrons. The molecule has 0 aliphatic heterocycles. The molecule has 0 radical (unpaired) electrons. The lowest BCUT2D eigenvalue weighted by atomic mass is 9.80. The van der Waals surface area contributed by atoms with Crippen molar-refractivity contribution in [3.63, 3.8) is 0 Å². The zero-order valence-corrected chi connectivity index (χ0v) is 11.3. The van der Waals surface area contributed by atoms with Gasteiger partial charge in [0.25, 0.3) is 0 Å². The van der Waals surface area contributed by atoms with E-state index in [1.807, 2.05) is 0 Å². The number of allylic oxidation sites excluding steroid dienone is 3. The molecule has 0 aromatic rings. The fourth-order valence-electron chi connectivity index (χ4n) is 2.36. The Bertz CT molecular complexity index is 368. The molecule has 1 rings (SSSR count). The number of ketones is 1. The summed E-state index contributed by atoms with van der Waals surface area (Å²) in [5.41, 5.74) is 0.0395. The minimum absolute atomic E-state index is 0.119. The molecule has 1 atom stereocenters. The molecule has 3 heteroatoms. The van der Waals surface area contributed by atoms with Gasteiger partial charge in [-0.15, -0.1) is 6.58 Å². The summed E-state index contributed by atoms with van der Waals surface area (Å²) in [5, 5.41) is 0. The number of unbranched alkanes of at least 4 members (excludes halogenated alkanes) is 1. The maximum atomic E-state index is 12.2. The first kappa shape index (κ1) is 14.7. The Morgan fingerprint density at radius 2 is 2.28 bits per heavy atom. The number of carbonyl (C=O) groups excluding carboxylic acids is 2. The minimum Gasteiger partial charge on any atom is -0.465 e. The van der Waals surface area contributed by atoms with Crippen LogP contribution in [-0.2, 0) is 14.3 Å². The van der Waals surface area contributed by atoms with Gasteiger partial charge in [0, 0.05) is 0 Å². The number of carbonyl (C=O) groups is 2. The van der Waals surface area contributed by atoms with E-state index in [1.54, 1.807) is 19.1 Å². The minimum atomic E-state index is -1.03. The van der Waals surface area contributed by atoms with E-state index in [1.165, 1.54) is 0 Å². The first-order valence-electron chi connectivity index (χ1n) is 6.62. The van der Waals surface area contributed by atoms with Gasteiger partial charge in [0.05, 0.1) is 6.61 Å². The van der Waals surface area contributed by atoms with E-state index < -0.39 is 11.4 Å². The summed E-state index contributed by atoms with van der Waals surface area (Å²) in [6.45, 7) is 7.82. The van der Waals surface area contributed by atoms with Gasteiger partial charge >= 0.3 is 5.97 Å². The molecule has 18 heavy (non-hydrogen) atoms. The second kappa shape index (κ2) is 6.53. The molecule has 1 aliphatic rings. The van der Waals surface area contributed by atoms with E-state index in [4.69, 9.17) is 4.74 Å². The topological polar surface area (TPSA) is 43.4 Å². The Balaban J connectivity index is 2.85. The van der Waals surface area contributed by atoms with Crippen LogP contribution in [0, 0.1) is 5.41 Å². The summed E-state index contributed by atoms with van der Waals surface area (Å²) in [4.78, 5) is 24.2. The van der Waals surface area contributed by atoms with Crippen LogP contribution in [-0.4, -0.2) is 18.4 Å². The van der Waals surface area contributed by atoms with Crippen molar-refractivity contribution < 1.29 is 14.3 Å². The molecule has 3 nitrogen and oxygen atoms in total. The Morgan fingerprint density at radius 3 is 2.83 bits per heavy atom. The van der Waals surface area contributed by atoms with Crippen molar-refractivity contribution in [1.82, 2.24) is 0 Å². The van der Waals surface area contributed by atoms with Gasteiger partial charge in [-0.2, -0.15) is 0 Å². The van der Waals surface area contributed by atoms with Crippen molar-refractivity contribution >= 4 is 11.8 Å². The summed E-state index contributed by atoms with van der Waals surface area (Å²) in [5.74, 6) is -0.524. The van der Waals surface area contributed by atoms with E-state index in [9.17, 15) is 9.59 Å². The van der Waals surface area contributed by atoms with Crippen molar-refractivity contribution in [2.45, 2.75) is 46.0 Å². The third-order valence-corrected chi connectivity index (χ3v) is 3.35. The predicted octanol–water partition coefficient (Wildman–Crippen LogP) is 3.20. The average Bonchev–Trinajstić information content (AvgIpc) is 2.65. The Morgan fingerprint density at radius 1 is 1.56 bits per heavy atom. The molecule has 0 spiro atoms. The lowest BCUT2D eigenvalue weighted by Crippen LogP contribution is -2.37. The molecule has 0 bridgehead atoms. The van der Waals surface area contributed by atoms with E-state index in [0.717, 1.165) is 24.8 Å². The maximum Gasteiger partial charge on any atom is 0.320 e. The SMILES string of the molecule is C=CCC1(C(=O)OCC)CC(CCCC)=CC1=O. The Labute approximate surface area is 109 Å². The highest BCUT2D eigenvalue weighted by molar-refractivity contribution is 6.12. The Hall–Kier alpha value is -1.38. The highest BCUT2D eigenvalue weighted by Crippen LogP contribution is 2.41. The van der Waals surface area contributed by atoms with Gasteiger partial charge in [0.1, 0.15) is 5.41 Å². The third-order valence-electron chi connectivity index (χ3n) is 3.35. The molecule has 0 saturated carbocycles. The number of rotatable bonds is 7. The van der Waals surface area contributed by atoms with Crippen LogP contribution in [0.1, 0.15) is 46.0 Å². The molecule has 0 saturated heterocycles. The molecule has 1 aliphatic carbocycles. The van der Waals surface area contributed by atoms with Gasteiger partial charge in [0.15, 0.2) is 5.78 Å². The van der Waals surface area contributed by atoms with Crippen LogP contribution in [0.4, 0.5) is 0 Å². The van der Waals surface area contributed by atoms with Crippen LogP contribution in [0.3, 0.4) is 0 Å². The van der Waals surface area contributed by atoms with Crippen LogP contribution in [0.5, 0.6) is 0 Å². The van der Waals surface area contributed by atoms with Gasteiger partial charge < -0.3 is 4.74 Å². The number of ether oxygens (including phenoxy) is 1. The molecule has 0 amide bonds. The lowest BCUT2D eigenvalue weighted by Gasteiger charge is -2.24. The summed E-state index contributed by atoms with van der Waals surface area (Å²) >= 11 is 0. The largest absolute Gasteiger partial charge is 0.465 e. The predicted molar refractivity (Wildman–Crippen MR) is 71.1 cm³/mol.